The molecule has 1 aliphatic heterocycles. The minimum absolute atomic E-state index is 0.198. The van der Waals surface area contributed by atoms with Crippen LogP contribution in [0.4, 0.5) is 0 Å². The first-order chi connectivity index (χ1) is 11.1. The van der Waals surface area contributed by atoms with Gasteiger partial charge in [0, 0.05) is 11.6 Å². The highest BCUT2D eigenvalue weighted by Crippen LogP contribution is 2.37. The topological polar surface area (TPSA) is 37.4 Å². The number of hydrogen-bond donors (Lipinski definition) is 0. The minimum atomic E-state index is -3.52. The average molecular weight is 350 g/mol. The third-order valence-corrected chi connectivity index (χ3v) is 6.58. The predicted molar refractivity (Wildman–Crippen MR) is 93.0 cm³/mol. The summed E-state index contributed by atoms with van der Waals surface area (Å²) in [5.41, 5.74) is 0.899. The lowest BCUT2D eigenvalue weighted by Crippen LogP contribution is -2.35. The van der Waals surface area contributed by atoms with Crippen LogP contribution >= 0.6 is 11.6 Å². The molecular weight excluding hydrogens is 330 g/mol. The second-order valence-corrected chi connectivity index (χ2v) is 8.11. The maximum atomic E-state index is 13.1. The van der Waals surface area contributed by atoms with Gasteiger partial charge in [-0.3, -0.25) is 0 Å². The first kappa shape index (κ1) is 16.5. The fourth-order valence-electron chi connectivity index (χ4n) is 3.15. The fourth-order valence-corrected chi connectivity index (χ4v) is 5.11. The Morgan fingerprint density at radius 3 is 2.35 bits per heavy atom. The van der Waals surface area contributed by atoms with Crippen LogP contribution in [0.15, 0.2) is 59.5 Å². The van der Waals surface area contributed by atoms with E-state index in [1.807, 2.05) is 30.3 Å². The zero-order chi connectivity index (χ0) is 16.3. The van der Waals surface area contributed by atoms with Crippen LogP contribution in [0.5, 0.6) is 0 Å². The van der Waals surface area contributed by atoms with Gasteiger partial charge in [0.2, 0.25) is 10.0 Å². The van der Waals surface area contributed by atoms with Crippen LogP contribution in [-0.2, 0) is 10.0 Å². The normalized spacial score (nSPS) is 20.1. The van der Waals surface area contributed by atoms with Gasteiger partial charge in [-0.15, -0.1) is 0 Å². The number of hydrogen-bond acceptors (Lipinski definition) is 2. The summed E-state index contributed by atoms with van der Waals surface area (Å²) in [7, 11) is -3.52. The fraction of sp³-hybridized carbons (Fsp3) is 0.333. The summed E-state index contributed by atoms with van der Waals surface area (Å²) in [5.74, 6) is 0. The summed E-state index contributed by atoms with van der Waals surface area (Å²) >= 11 is 6.35. The highest BCUT2D eigenvalue weighted by molar-refractivity contribution is 7.89. The number of sulfonamides is 1. The quantitative estimate of drug-likeness (QED) is 0.809. The molecule has 5 heteroatoms. The van der Waals surface area contributed by atoms with Crippen molar-refractivity contribution in [2.75, 3.05) is 6.54 Å². The van der Waals surface area contributed by atoms with Gasteiger partial charge in [0.1, 0.15) is 0 Å². The van der Waals surface area contributed by atoms with E-state index in [9.17, 15) is 8.42 Å². The van der Waals surface area contributed by atoms with Crippen molar-refractivity contribution in [3.8, 4) is 0 Å². The maximum absolute atomic E-state index is 13.1. The molecule has 3 rings (SSSR count). The number of nitrogens with zero attached hydrogens (tertiary/aromatic N) is 1. The number of benzene rings is 2. The molecule has 23 heavy (non-hydrogen) atoms. The van der Waals surface area contributed by atoms with Crippen LogP contribution in [0, 0.1) is 0 Å². The Kier molecular flexibility index (Phi) is 5.05. The molecule has 0 unspecified atom stereocenters. The Balaban J connectivity index is 2.05. The Morgan fingerprint density at radius 2 is 1.61 bits per heavy atom. The van der Waals surface area contributed by atoms with Gasteiger partial charge in [-0.05, 0) is 36.6 Å². The summed E-state index contributed by atoms with van der Waals surface area (Å²) < 4.78 is 27.9. The monoisotopic (exact) mass is 349 g/mol. The molecule has 122 valence electrons. The van der Waals surface area contributed by atoms with E-state index in [2.05, 4.69) is 0 Å². The SMILES string of the molecule is O=S(=O)(c1ccccc1)N1CCCCC[C@H]1c1ccccc1Cl. The van der Waals surface area contributed by atoms with Crippen LogP contribution in [0.3, 0.4) is 0 Å². The number of rotatable bonds is 3. The average Bonchev–Trinajstić information content (AvgIpc) is 2.82. The Bertz CT molecular complexity index is 762. The van der Waals surface area contributed by atoms with Crippen LogP contribution < -0.4 is 0 Å². The Morgan fingerprint density at radius 1 is 0.913 bits per heavy atom. The van der Waals surface area contributed by atoms with Crippen molar-refractivity contribution < 1.29 is 8.42 Å². The molecule has 0 radical (unpaired) electrons. The molecule has 2 aromatic carbocycles. The van der Waals surface area contributed by atoms with Crippen molar-refractivity contribution in [3.63, 3.8) is 0 Å². The van der Waals surface area contributed by atoms with E-state index in [-0.39, 0.29) is 6.04 Å². The molecule has 1 aliphatic rings. The van der Waals surface area contributed by atoms with Crippen LogP contribution in [0.25, 0.3) is 0 Å². The molecule has 0 bridgehead atoms. The molecule has 0 aromatic heterocycles. The van der Waals surface area contributed by atoms with E-state index in [0.29, 0.717) is 16.5 Å². The standard InChI is InChI=1S/C18H20ClNO2S/c19-17-12-7-6-11-16(17)18-13-5-2-8-14-20(18)23(21,22)15-9-3-1-4-10-15/h1,3-4,6-7,9-12,18H,2,5,8,13-14H2/t18-/m0/s1. The zero-order valence-corrected chi connectivity index (χ0v) is 14.4. The molecular formula is C18H20ClNO2S. The number of halogens is 1. The van der Waals surface area contributed by atoms with Gasteiger partial charge in [0.15, 0.2) is 0 Å². The van der Waals surface area contributed by atoms with Gasteiger partial charge in [-0.2, -0.15) is 4.31 Å². The van der Waals surface area contributed by atoms with E-state index < -0.39 is 10.0 Å². The van der Waals surface area contributed by atoms with E-state index in [1.54, 1.807) is 28.6 Å². The molecule has 0 amide bonds. The lowest BCUT2D eigenvalue weighted by Gasteiger charge is -2.30. The highest BCUT2D eigenvalue weighted by Gasteiger charge is 2.34. The molecule has 2 aromatic rings. The van der Waals surface area contributed by atoms with Crippen molar-refractivity contribution in [3.05, 3.63) is 65.2 Å². The van der Waals surface area contributed by atoms with Crippen molar-refractivity contribution >= 4 is 21.6 Å². The summed E-state index contributed by atoms with van der Waals surface area (Å²) in [6, 6.07) is 16.0. The maximum Gasteiger partial charge on any atom is 0.243 e. The first-order valence-corrected chi connectivity index (χ1v) is 9.74. The highest BCUT2D eigenvalue weighted by atomic mass is 35.5. The zero-order valence-electron chi connectivity index (χ0n) is 12.9. The molecule has 1 heterocycles. The van der Waals surface area contributed by atoms with Gasteiger partial charge in [-0.25, -0.2) is 8.42 Å². The molecule has 1 atom stereocenters. The minimum Gasteiger partial charge on any atom is -0.207 e. The lowest BCUT2D eigenvalue weighted by molar-refractivity contribution is 0.329. The van der Waals surface area contributed by atoms with E-state index in [4.69, 9.17) is 11.6 Å². The molecule has 0 aliphatic carbocycles. The largest absolute Gasteiger partial charge is 0.243 e. The van der Waals surface area contributed by atoms with E-state index in [1.165, 1.54) is 0 Å². The molecule has 0 N–H and O–H groups in total. The van der Waals surface area contributed by atoms with Gasteiger partial charge < -0.3 is 0 Å². The van der Waals surface area contributed by atoms with Crippen LogP contribution in [0.1, 0.15) is 37.3 Å². The van der Waals surface area contributed by atoms with Gasteiger partial charge in [0.25, 0.3) is 0 Å². The van der Waals surface area contributed by atoms with Crippen molar-refractivity contribution in [1.82, 2.24) is 4.31 Å². The Labute approximate surface area is 142 Å². The van der Waals surface area contributed by atoms with Crippen LogP contribution in [0.2, 0.25) is 5.02 Å². The van der Waals surface area contributed by atoms with Gasteiger partial charge in [0.05, 0.1) is 10.9 Å². The van der Waals surface area contributed by atoms with E-state index >= 15 is 0 Å². The van der Waals surface area contributed by atoms with Gasteiger partial charge >= 0.3 is 0 Å². The molecule has 1 fully saturated rings. The summed E-state index contributed by atoms with van der Waals surface area (Å²) in [5, 5.41) is 0.632. The molecule has 0 saturated carbocycles. The summed E-state index contributed by atoms with van der Waals surface area (Å²) in [6.45, 7) is 0.535. The Hall–Kier alpha value is -1.36. The molecule has 1 saturated heterocycles. The van der Waals surface area contributed by atoms with Crippen molar-refractivity contribution in [1.29, 1.82) is 0 Å². The lowest BCUT2D eigenvalue weighted by atomic mass is 10.0. The second-order valence-electron chi connectivity index (χ2n) is 5.82. The van der Waals surface area contributed by atoms with Crippen molar-refractivity contribution in [2.45, 2.75) is 36.6 Å². The van der Waals surface area contributed by atoms with E-state index in [0.717, 1.165) is 31.2 Å². The first-order valence-electron chi connectivity index (χ1n) is 7.92. The van der Waals surface area contributed by atoms with Crippen molar-refractivity contribution in [2.24, 2.45) is 0 Å². The molecule has 3 nitrogen and oxygen atoms in total. The third-order valence-electron chi connectivity index (χ3n) is 4.32. The summed E-state index contributed by atoms with van der Waals surface area (Å²) in [4.78, 5) is 0.346. The molecule has 0 spiro atoms. The smallest absolute Gasteiger partial charge is 0.207 e. The summed E-state index contributed by atoms with van der Waals surface area (Å²) in [6.07, 6.45) is 3.74. The predicted octanol–water partition coefficient (Wildman–Crippen LogP) is 4.65. The van der Waals surface area contributed by atoms with Crippen LogP contribution in [-0.4, -0.2) is 19.3 Å². The third kappa shape index (κ3) is 3.44. The second kappa shape index (κ2) is 7.04. The van der Waals surface area contributed by atoms with Gasteiger partial charge in [-0.1, -0.05) is 60.8 Å².